The number of alkyl halides is 3. The fourth-order valence-corrected chi connectivity index (χ4v) is 4.48. The lowest BCUT2D eigenvalue weighted by Crippen LogP contribution is -2.62. The van der Waals surface area contributed by atoms with Crippen LogP contribution < -0.4 is 5.32 Å². The van der Waals surface area contributed by atoms with Gasteiger partial charge in [-0.05, 0) is 45.6 Å². The molecule has 2 unspecified atom stereocenters. The molecule has 0 spiro atoms. The molecule has 2 amide bonds. The fraction of sp³-hybridized carbons (Fsp3) is 0.591. The van der Waals surface area contributed by atoms with Crippen molar-refractivity contribution in [3.05, 3.63) is 53.5 Å². The van der Waals surface area contributed by atoms with Gasteiger partial charge < -0.3 is 10.2 Å². The number of hydrogen-bond acceptors (Lipinski definition) is 4. The molecule has 0 heterocycles. The molecule has 0 radical (unpaired) electrons. The summed E-state index contributed by atoms with van der Waals surface area (Å²) in [5, 5.41) is 5.86. The third-order valence-electron chi connectivity index (χ3n) is 6.02. The van der Waals surface area contributed by atoms with E-state index in [9.17, 15) is 9.70 Å². The number of halogens is 3. The highest BCUT2D eigenvalue weighted by Gasteiger charge is 2.62. The third kappa shape index (κ3) is 5.60. The molecule has 0 aromatic rings. The van der Waals surface area contributed by atoms with Gasteiger partial charge in [0.15, 0.2) is 0 Å². The van der Waals surface area contributed by atoms with E-state index in [0.29, 0.717) is 18.0 Å². The first-order valence-electron chi connectivity index (χ1n) is 10.4. The van der Waals surface area contributed by atoms with Gasteiger partial charge in [0, 0.05) is 25.3 Å². The topological polar surface area (TPSA) is 65.0 Å². The Kier molecular flexibility index (Phi) is 8.94. The maximum Gasteiger partial charge on any atom is 0.340 e. The summed E-state index contributed by atoms with van der Waals surface area (Å²) < 4.78 is 33.2. The maximum atomic E-state index is 16.6. The predicted octanol–water partition coefficient (Wildman–Crippen LogP) is 4.70. The van der Waals surface area contributed by atoms with Crippen LogP contribution in [0.1, 0.15) is 25.7 Å². The molecular formula is C22H31ClF2N4O2. The molecule has 31 heavy (non-hydrogen) atoms. The van der Waals surface area contributed by atoms with Crippen LogP contribution >= 0.6 is 11.6 Å². The number of amides is 2. The van der Waals surface area contributed by atoms with E-state index in [2.05, 4.69) is 10.6 Å². The zero-order valence-electron chi connectivity index (χ0n) is 18.1. The number of nitrogens with zero attached hydrogens (tertiary/aromatic N) is 3. The second-order valence-corrected chi connectivity index (χ2v) is 8.63. The van der Waals surface area contributed by atoms with Gasteiger partial charge in [-0.2, -0.15) is 5.01 Å². The van der Waals surface area contributed by atoms with Crippen LogP contribution in [0, 0.1) is 10.3 Å². The normalized spacial score (nSPS) is 26.6. The zero-order chi connectivity index (χ0) is 23.0. The highest BCUT2D eigenvalue weighted by atomic mass is 35.5. The zero-order valence-corrected chi connectivity index (χ0v) is 18.8. The van der Waals surface area contributed by atoms with Crippen molar-refractivity contribution in [1.29, 1.82) is 0 Å². The van der Waals surface area contributed by atoms with Crippen molar-refractivity contribution in [2.24, 2.45) is 10.7 Å². The van der Waals surface area contributed by atoms with Crippen molar-refractivity contribution in [3.8, 4) is 0 Å². The van der Waals surface area contributed by atoms with Gasteiger partial charge in [-0.15, -0.1) is 16.5 Å². The van der Waals surface area contributed by atoms with Crippen molar-refractivity contribution in [2.75, 3.05) is 39.6 Å². The molecule has 9 heteroatoms. The molecule has 1 N–H and O–H groups in total. The lowest BCUT2D eigenvalue weighted by molar-refractivity contribution is -0.0802. The van der Waals surface area contributed by atoms with Crippen molar-refractivity contribution < 1.29 is 13.6 Å². The number of allylic oxidation sites excluding steroid dienone is 8. The Morgan fingerprint density at radius 1 is 1.10 bits per heavy atom. The van der Waals surface area contributed by atoms with Gasteiger partial charge in [0.2, 0.25) is 0 Å². The molecule has 2 aliphatic rings. The Labute approximate surface area is 187 Å². The Hall–Kier alpha value is -2.06. The largest absolute Gasteiger partial charge is 0.340 e. The van der Waals surface area contributed by atoms with Gasteiger partial charge in [0.1, 0.15) is 11.3 Å². The summed E-state index contributed by atoms with van der Waals surface area (Å²) in [6.45, 7) is 0.226. The van der Waals surface area contributed by atoms with Crippen LogP contribution in [0.5, 0.6) is 0 Å². The number of urea groups is 1. The van der Waals surface area contributed by atoms with E-state index < -0.39 is 22.8 Å². The van der Waals surface area contributed by atoms with E-state index in [0.717, 1.165) is 0 Å². The lowest BCUT2D eigenvalue weighted by atomic mass is 9.57. The minimum absolute atomic E-state index is 0.00823. The van der Waals surface area contributed by atoms with Crippen LogP contribution in [0.25, 0.3) is 0 Å². The van der Waals surface area contributed by atoms with Gasteiger partial charge in [-0.1, -0.05) is 36.5 Å². The Morgan fingerprint density at radius 3 is 2.10 bits per heavy atom. The first-order chi connectivity index (χ1) is 14.7. The van der Waals surface area contributed by atoms with Gasteiger partial charge in [-0.25, -0.2) is 13.6 Å². The van der Waals surface area contributed by atoms with Gasteiger partial charge in [-0.3, -0.25) is 0 Å². The highest BCUT2D eigenvalue weighted by Crippen LogP contribution is 2.55. The second-order valence-electron chi connectivity index (χ2n) is 8.25. The summed E-state index contributed by atoms with van der Waals surface area (Å²) in [6, 6.07) is -0.828. The van der Waals surface area contributed by atoms with Gasteiger partial charge >= 0.3 is 6.03 Å². The summed E-state index contributed by atoms with van der Waals surface area (Å²) in [5.74, 6) is 0.00823. The average molecular weight is 457 g/mol. The summed E-state index contributed by atoms with van der Waals surface area (Å²) in [5.41, 5.74) is -5.70. The summed E-state index contributed by atoms with van der Waals surface area (Å²) >= 11 is 5.62. The minimum atomic E-state index is -2.04. The van der Waals surface area contributed by atoms with Crippen LogP contribution in [0.15, 0.2) is 53.9 Å². The SMILES string of the molecule is CN(C)CCCC(CNC(=O)N(CCCl)N=O)(C1(F)C=CC=CC1)C1(F)C=CC=CC1. The maximum absolute atomic E-state index is 16.6. The molecule has 0 fully saturated rings. The van der Waals surface area contributed by atoms with Crippen LogP contribution in [0.3, 0.4) is 0 Å². The molecule has 6 nitrogen and oxygen atoms in total. The van der Waals surface area contributed by atoms with Crippen molar-refractivity contribution >= 4 is 17.6 Å². The lowest BCUT2D eigenvalue weighted by Gasteiger charge is -2.52. The molecule has 0 saturated heterocycles. The summed E-state index contributed by atoms with van der Waals surface area (Å²) in [7, 11) is 3.79. The van der Waals surface area contributed by atoms with Crippen LogP contribution in [0.2, 0.25) is 0 Å². The minimum Gasteiger partial charge on any atom is -0.336 e. The van der Waals surface area contributed by atoms with Crippen LogP contribution in [0.4, 0.5) is 13.6 Å². The fourth-order valence-electron chi connectivity index (χ4n) is 4.32. The number of nitroso groups, excluding NO2 is 1. The van der Waals surface area contributed by atoms with Crippen LogP contribution in [-0.2, 0) is 0 Å². The molecule has 2 atom stereocenters. The highest BCUT2D eigenvalue weighted by molar-refractivity contribution is 6.18. The van der Waals surface area contributed by atoms with Gasteiger partial charge in [0.05, 0.1) is 17.2 Å². The van der Waals surface area contributed by atoms with E-state index in [4.69, 9.17) is 11.6 Å². The molecule has 0 bridgehead atoms. The Bertz CT molecular complexity index is 720. The first kappa shape index (κ1) is 25.2. The first-order valence-corrected chi connectivity index (χ1v) is 10.9. The van der Waals surface area contributed by atoms with Crippen molar-refractivity contribution in [2.45, 2.75) is 37.0 Å². The monoisotopic (exact) mass is 456 g/mol. The molecule has 172 valence electrons. The number of carbonyl (C=O) groups excluding carboxylic acids is 1. The summed E-state index contributed by atoms with van der Waals surface area (Å²) in [4.78, 5) is 25.5. The molecule has 2 rings (SSSR count). The van der Waals surface area contributed by atoms with E-state index in [1.54, 1.807) is 36.5 Å². The van der Waals surface area contributed by atoms with Crippen molar-refractivity contribution in [3.63, 3.8) is 0 Å². The van der Waals surface area contributed by atoms with Crippen molar-refractivity contribution in [1.82, 2.24) is 15.2 Å². The molecular weight excluding hydrogens is 426 g/mol. The smallest absolute Gasteiger partial charge is 0.336 e. The van der Waals surface area contributed by atoms with E-state index in [1.165, 1.54) is 12.2 Å². The van der Waals surface area contributed by atoms with Crippen LogP contribution in [-0.4, -0.2) is 66.9 Å². The molecule has 2 aliphatic carbocycles. The average Bonchev–Trinajstić information content (AvgIpc) is 2.74. The molecule has 0 aliphatic heterocycles. The predicted molar refractivity (Wildman–Crippen MR) is 120 cm³/mol. The van der Waals surface area contributed by atoms with E-state index in [-0.39, 0.29) is 38.2 Å². The molecule has 0 aromatic heterocycles. The quantitative estimate of drug-likeness (QED) is 0.278. The van der Waals surface area contributed by atoms with Gasteiger partial charge in [0.25, 0.3) is 0 Å². The third-order valence-corrected chi connectivity index (χ3v) is 6.18. The Morgan fingerprint density at radius 2 is 1.68 bits per heavy atom. The second kappa shape index (κ2) is 11.0. The molecule has 0 saturated carbocycles. The number of hydrogen-bond donors (Lipinski definition) is 1. The molecule has 0 aromatic carbocycles. The summed E-state index contributed by atoms with van der Waals surface area (Å²) in [6.07, 6.45) is 13.4. The standard InChI is InChI=1S/C22H31ClF2N4O2/c1-28(2)16-9-10-20(21(24)11-5-3-6-12-21,22(25)13-7-4-8-14-22)18-26-19(30)29(27-31)17-15-23/h3-8,11,13H,9-10,12,14-18H2,1-2H3,(H,26,30). The number of rotatable bonds is 11. The number of nitrogens with one attached hydrogen (secondary N) is 1. The Balaban J connectivity index is 2.45. The number of carbonyl (C=O) groups is 1. The van der Waals surface area contributed by atoms with E-state index in [1.807, 2.05) is 19.0 Å². The van der Waals surface area contributed by atoms with E-state index >= 15 is 8.78 Å².